The van der Waals surface area contributed by atoms with Crippen LogP contribution in [0.4, 0.5) is 19.3 Å². The molecule has 1 N–H and O–H groups in total. The van der Waals surface area contributed by atoms with E-state index in [1.54, 1.807) is 25.7 Å². The minimum Gasteiger partial charge on any atom is -0.444 e. The number of nitrogens with zero attached hydrogens (tertiary/aromatic N) is 2. The number of rotatable bonds is 2. The molecular formula is C16H19F2N3O2. The first-order valence-electron chi connectivity index (χ1n) is 7.33. The molecule has 1 atom stereocenters. The summed E-state index contributed by atoms with van der Waals surface area (Å²) in [7, 11) is 0. The third-order valence-electron chi connectivity index (χ3n) is 3.41. The van der Waals surface area contributed by atoms with Crippen LogP contribution in [0, 0.1) is 23.0 Å². The maximum Gasteiger partial charge on any atom is 0.407 e. The Morgan fingerprint density at radius 3 is 2.65 bits per heavy atom. The molecule has 2 rings (SSSR count). The van der Waals surface area contributed by atoms with Crippen molar-refractivity contribution >= 4 is 11.8 Å². The minimum atomic E-state index is -1.05. The molecule has 1 aromatic carbocycles. The summed E-state index contributed by atoms with van der Waals surface area (Å²) < 4.78 is 31.9. The van der Waals surface area contributed by atoms with Gasteiger partial charge in [-0.3, -0.25) is 0 Å². The molecule has 1 unspecified atom stereocenters. The van der Waals surface area contributed by atoms with Crippen LogP contribution in [0.25, 0.3) is 0 Å². The lowest BCUT2D eigenvalue weighted by Gasteiger charge is -2.23. The maximum absolute atomic E-state index is 13.4. The molecule has 0 aliphatic carbocycles. The van der Waals surface area contributed by atoms with E-state index in [0.29, 0.717) is 25.2 Å². The van der Waals surface area contributed by atoms with Crippen molar-refractivity contribution in [1.29, 1.82) is 5.26 Å². The first-order chi connectivity index (χ1) is 10.7. The minimum absolute atomic E-state index is 0.0711. The highest BCUT2D eigenvalue weighted by atomic mass is 19.2. The lowest BCUT2D eigenvalue weighted by Crippen LogP contribution is -2.40. The van der Waals surface area contributed by atoms with E-state index in [4.69, 9.17) is 10.00 Å². The molecule has 0 bridgehead atoms. The molecule has 5 nitrogen and oxygen atoms in total. The Morgan fingerprint density at radius 1 is 1.39 bits per heavy atom. The zero-order chi connectivity index (χ0) is 17.2. The van der Waals surface area contributed by atoms with Crippen LogP contribution >= 0.6 is 0 Å². The van der Waals surface area contributed by atoms with Gasteiger partial charge in [-0.25, -0.2) is 13.6 Å². The molecule has 1 heterocycles. The van der Waals surface area contributed by atoms with Crippen molar-refractivity contribution < 1.29 is 18.3 Å². The zero-order valence-corrected chi connectivity index (χ0v) is 13.3. The number of nitrogens with one attached hydrogen (secondary N) is 1. The van der Waals surface area contributed by atoms with Gasteiger partial charge in [0.25, 0.3) is 0 Å². The topological polar surface area (TPSA) is 65.4 Å². The predicted molar refractivity (Wildman–Crippen MR) is 81.1 cm³/mol. The summed E-state index contributed by atoms with van der Waals surface area (Å²) >= 11 is 0. The predicted octanol–water partition coefficient (Wildman–Crippen LogP) is 2.94. The summed E-state index contributed by atoms with van der Waals surface area (Å²) in [4.78, 5) is 13.5. The lowest BCUT2D eigenvalue weighted by atomic mass is 10.1. The Balaban J connectivity index is 2.05. The zero-order valence-electron chi connectivity index (χ0n) is 13.3. The molecule has 1 aliphatic heterocycles. The van der Waals surface area contributed by atoms with Crippen LogP contribution in [0.2, 0.25) is 0 Å². The number of alkyl carbamates (subject to hydrolysis) is 1. The fraction of sp³-hybridized carbons (Fsp3) is 0.500. The summed E-state index contributed by atoms with van der Waals surface area (Å²) in [5.74, 6) is -2.05. The second-order valence-electron chi connectivity index (χ2n) is 6.47. The van der Waals surface area contributed by atoms with Gasteiger partial charge in [0.15, 0.2) is 11.6 Å². The Labute approximate surface area is 133 Å². The molecule has 1 amide bonds. The highest BCUT2D eigenvalue weighted by Crippen LogP contribution is 2.27. The fourth-order valence-electron chi connectivity index (χ4n) is 2.46. The standard InChI is InChI=1S/C16H19F2N3O2/c1-16(2,3)23-15(22)20-11-4-5-21(9-11)14-7-13(18)12(17)6-10(14)8-19/h6-7,11H,4-5,9H2,1-3H3,(H,20,22). The van der Waals surface area contributed by atoms with Gasteiger partial charge in [-0.1, -0.05) is 0 Å². The number of anilines is 1. The number of ether oxygens (including phenoxy) is 1. The molecule has 0 aromatic heterocycles. The van der Waals surface area contributed by atoms with Gasteiger partial charge in [-0.2, -0.15) is 5.26 Å². The Kier molecular flexibility index (Phi) is 4.73. The molecule has 1 saturated heterocycles. The molecule has 1 aromatic rings. The van der Waals surface area contributed by atoms with Crippen LogP contribution in [-0.4, -0.2) is 30.8 Å². The summed E-state index contributed by atoms with van der Waals surface area (Å²) in [6.07, 6.45) is 0.110. The number of carbonyl (C=O) groups excluding carboxylic acids is 1. The van der Waals surface area contributed by atoms with Crippen LogP contribution in [0.3, 0.4) is 0 Å². The van der Waals surface area contributed by atoms with Crippen LogP contribution in [0.5, 0.6) is 0 Å². The molecule has 0 spiro atoms. The van der Waals surface area contributed by atoms with E-state index >= 15 is 0 Å². The average Bonchev–Trinajstić information content (AvgIpc) is 2.87. The molecule has 7 heteroatoms. The van der Waals surface area contributed by atoms with E-state index < -0.39 is 23.3 Å². The summed E-state index contributed by atoms with van der Waals surface area (Å²) in [5.41, 5.74) is -0.183. The highest BCUT2D eigenvalue weighted by molar-refractivity contribution is 5.68. The quantitative estimate of drug-likeness (QED) is 0.909. The average molecular weight is 323 g/mol. The number of benzene rings is 1. The number of hydrogen-bond acceptors (Lipinski definition) is 4. The van der Waals surface area contributed by atoms with Crippen LogP contribution in [0.1, 0.15) is 32.8 Å². The van der Waals surface area contributed by atoms with Crippen LogP contribution in [-0.2, 0) is 4.74 Å². The Hall–Kier alpha value is -2.36. The Bertz CT molecular complexity index is 650. The Morgan fingerprint density at radius 2 is 2.04 bits per heavy atom. The molecule has 0 saturated carbocycles. The van der Waals surface area contributed by atoms with Gasteiger partial charge >= 0.3 is 6.09 Å². The van der Waals surface area contributed by atoms with Crippen molar-refractivity contribution in [2.45, 2.75) is 38.8 Å². The first-order valence-corrected chi connectivity index (χ1v) is 7.33. The monoisotopic (exact) mass is 323 g/mol. The molecule has 124 valence electrons. The largest absolute Gasteiger partial charge is 0.444 e. The molecule has 1 fully saturated rings. The fourth-order valence-corrected chi connectivity index (χ4v) is 2.46. The molecule has 23 heavy (non-hydrogen) atoms. The van der Waals surface area contributed by atoms with Crippen molar-refractivity contribution in [1.82, 2.24) is 5.32 Å². The molecule has 1 aliphatic rings. The third kappa shape index (κ3) is 4.31. The van der Waals surface area contributed by atoms with E-state index in [9.17, 15) is 13.6 Å². The number of carbonyl (C=O) groups is 1. The van der Waals surface area contributed by atoms with Crippen LogP contribution < -0.4 is 10.2 Å². The van der Waals surface area contributed by atoms with Crippen molar-refractivity contribution in [3.63, 3.8) is 0 Å². The maximum atomic E-state index is 13.4. The van der Waals surface area contributed by atoms with Crippen molar-refractivity contribution in [3.8, 4) is 6.07 Å². The summed E-state index contributed by atoms with van der Waals surface area (Å²) in [5, 5.41) is 11.8. The van der Waals surface area contributed by atoms with Crippen LogP contribution in [0.15, 0.2) is 12.1 Å². The second-order valence-corrected chi connectivity index (χ2v) is 6.47. The number of amides is 1. The van der Waals surface area contributed by atoms with Gasteiger partial charge in [-0.05, 0) is 33.3 Å². The molecule has 0 radical (unpaired) electrons. The number of hydrogen-bond donors (Lipinski definition) is 1. The van der Waals surface area contributed by atoms with Gasteiger partial charge < -0.3 is 15.0 Å². The lowest BCUT2D eigenvalue weighted by molar-refractivity contribution is 0.0509. The van der Waals surface area contributed by atoms with Crippen molar-refractivity contribution in [2.24, 2.45) is 0 Å². The van der Waals surface area contributed by atoms with E-state index in [2.05, 4.69) is 5.32 Å². The first kappa shape index (κ1) is 17.0. The van der Waals surface area contributed by atoms with Gasteiger partial charge in [0.1, 0.15) is 11.7 Å². The van der Waals surface area contributed by atoms with Crippen molar-refractivity contribution in [2.75, 3.05) is 18.0 Å². The van der Waals surface area contributed by atoms with E-state index in [-0.39, 0.29) is 11.6 Å². The van der Waals surface area contributed by atoms with E-state index in [1.165, 1.54) is 0 Å². The SMILES string of the molecule is CC(C)(C)OC(=O)NC1CCN(c2cc(F)c(F)cc2C#N)C1. The molecular weight excluding hydrogens is 304 g/mol. The van der Waals surface area contributed by atoms with E-state index in [0.717, 1.165) is 12.1 Å². The van der Waals surface area contributed by atoms with Gasteiger partial charge in [-0.15, -0.1) is 0 Å². The normalized spacial score (nSPS) is 17.7. The van der Waals surface area contributed by atoms with Gasteiger partial charge in [0.05, 0.1) is 17.3 Å². The number of nitriles is 1. The van der Waals surface area contributed by atoms with Gasteiger partial charge in [0.2, 0.25) is 0 Å². The highest BCUT2D eigenvalue weighted by Gasteiger charge is 2.28. The smallest absolute Gasteiger partial charge is 0.407 e. The van der Waals surface area contributed by atoms with Gasteiger partial charge in [0, 0.05) is 19.2 Å². The van der Waals surface area contributed by atoms with E-state index in [1.807, 2.05) is 6.07 Å². The summed E-state index contributed by atoms with van der Waals surface area (Å²) in [6.45, 7) is 6.25. The second kappa shape index (κ2) is 6.41. The summed E-state index contributed by atoms with van der Waals surface area (Å²) in [6, 6.07) is 3.60. The third-order valence-corrected chi connectivity index (χ3v) is 3.41. The number of halogens is 2. The van der Waals surface area contributed by atoms with Crippen molar-refractivity contribution in [3.05, 3.63) is 29.3 Å².